The zero-order valence-electron chi connectivity index (χ0n) is 14.4. The molecule has 0 aliphatic heterocycles. The third kappa shape index (κ3) is 5.77. The van der Waals surface area contributed by atoms with Crippen molar-refractivity contribution in [2.75, 3.05) is 13.2 Å². The fourth-order valence-corrected chi connectivity index (χ4v) is 4.60. The first-order chi connectivity index (χ1) is 10.3. The maximum Gasteiger partial charge on any atom is 0.0647 e. The molecular weight excluding hydrogens is 256 g/mol. The highest BCUT2D eigenvalue weighted by molar-refractivity contribution is 4.92. The normalized spacial score (nSPS) is 34.4. The second kappa shape index (κ2) is 9.66. The molecule has 122 valence electrons. The average Bonchev–Trinajstić information content (AvgIpc) is 2.53. The Morgan fingerprint density at radius 2 is 1.48 bits per heavy atom. The van der Waals surface area contributed by atoms with Gasteiger partial charge in [-0.2, -0.15) is 0 Å². The lowest BCUT2D eigenvalue weighted by Gasteiger charge is -2.37. The summed E-state index contributed by atoms with van der Waals surface area (Å²) in [6.07, 6.45) is 19.4. The van der Waals surface area contributed by atoms with Crippen molar-refractivity contribution >= 4 is 0 Å². The van der Waals surface area contributed by atoms with Gasteiger partial charge in [-0.15, -0.1) is 0 Å². The van der Waals surface area contributed by atoms with Crippen LogP contribution in [0.25, 0.3) is 0 Å². The zero-order chi connectivity index (χ0) is 14.9. The minimum atomic E-state index is 0.803. The van der Waals surface area contributed by atoms with E-state index in [4.69, 9.17) is 4.74 Å². The third-order valence-electron chi connectivity index (χ3n) is 5.90. The Morgan fingerprint density at radius 1 is 0.857 bits per heavy atom. The van der Waals surface area contributed by atoms with Crippen LogP contribution in [0.2, 0.25) is 0 Å². The van der Waals surface area contributed by atoms with Gasteiger partial charge in [0.25, 0.3) is 0 Å². The first-order valence-electron chi connectivity index (χ1n) is 9.57. The van der Waals surface area contributed by atoms with E-state index in [1.807, 2.05) is 0 Å². The van der Waals surface area contributed by atoms with Crippen molar-refractivity contribution in [1.82, 2.24) is 0 Å². The lowest BCUT2D eigenvalue weighted by Crippen LogP contribution is -2.25. The highest BCUT2D eigenvalue weighted by atomic mass is 16.5. The minimum Gasteiger partial charge on any atom is -0.378 e. The fourth-order valence-electron chi connectivity index (χ4n) is 4.60. The van der Waals surface area contributed by atoms with Crippen LogP contribution in [-0.2, 0) is 4.74 Å². The summed E-state index contributed by atoms with van der Waals surface area (Å²) in [5, 5.41) is 0. The Hall–Kier alpha value is -0.300. The van der Waals surface area contributed by atoms with E-state index in [1.54, 1.807) is 0 Å². The molecular formula is C20H36O. The fraction of sp³-hybridized carbons (Fsp3) is 0.900. The molecule has 0 aromatic carbocycles. The number of allylic oxidation sites excluding steroid dienone is 1. The van der Waals surface area contributed by atoms with Gasteiger partial charge in [-0.3, -0.25) is 0 Å². The molecule has 0 spiro atoms. The van der Waals surface area contributed by atoms with E-state index in [2.05, 4.69) is 26.0 Å². The highest BCUT2D eigenvalue weighted by Crippen LogP contribution is 2.42. The Labute approximate surface area is 132 Å². The van der Waals surface area contributed by atoms with Gasteiger partial charge < -0.3 is 4.74 Å². The summed E-state index contributed by atoms with van der Waals surface area (Å²) in [7, 11) is 0. The van der Waals surface area contributed by atoms with E-state index in [0.717, 1.165) is 36.9 Å². The standard InChI is InChI=1S/C20H36O/c1-3-6-17-8-12-19(13-9-17)20-14-10-18(11-15-20)7-5-16-21-4-2/h5,7,17-20H,3-4,6,8-16H2,1-2H3/b7-5+/t17-,18?,19-,20?. The van der Waals surface area contributed by atoms with Crippen molar-refractivity contribution in [2.24, 2.45) is 23.7 Å². The molecule has 0 heterocycles. The number of rotatable bonds is 7. The van der Waals surface area contributed by atoms with Gasteiger partial charge in [0.1, 0.15) is 0 Å². The Kier molecular flexibility index (Phi) is 7.85. The zero-order valence-corrected chi connectivity index (χ0v) is 14.4. The Morgan fingerprint density at radius 3 is 2.05 bits per heavy atom. The van der Waals surface area contributed by atoms with Crippen molar-refractivity contribution in [1.29, 1.82) is 0 Å². The summed E-state index contributed by atoms with van der Waals surface area (Å²) in [5.41, 5.74) is 0. The van der Waals surface area contributed by atoms with Crippen LogP contribution in [0.3, 0.4) is 0 Å². The van der Waals surface area contributed by atoms with Crippen molar-refractivity contribution in [3.05, 3.63) is 12.2 Å². The maximum absolute atomic E-state index is 5.38. The molecule has 2 aliphatic carbocycles. The second-order valence-corrected chi connectivity index (χ2v) is 7.33. The number of hydrogen-bond acceptors (Lipinski definition) is 1. The predicted octanol–water partition coefficient (Wildman–Crippen LogP) is 5.99. The molecule has 0 bridgehead atoms. The molecule has 0 saturated heterocycles. The summed E-state index contributed by atoms with van der Waals surface area (Å²) < 4.78 is 5.38. The SMILES string of the molecule is CCC[C@H]1CC[C@H](C2CCC(/C=C/COCC)CC2)CC1. The highest BCUT2D eigenvalue weighted by Gasteiger charge is 2.29. The van der Waals surface area contributed by atoms with Crippen molar-refractivity contribution in [3.63, 3.8) is 0 Å². The molecule has 1 heteroatoms. The second-order valence-electron chi connectivity index (χ2n) is 7.33. The van der Waals surface area contributed by atoms with Crippen LogP contribution >= 0.6 is 0 Å². The minimum absolute atomic E-state index is 0.803. The predicted molar refractivity (Wildman–Crippen MR) is 91.4 cm³/mol. The van der Waals surface area contributed by atoms with E-state index >= 15 is 0 Å². The summed E-state index contributed by atoms with van der Waals surface area (Å²) >= 11 is 0. The van der Waals surface area contributed by atoms with Gasteiger partial charge in [0.2, 0.25) is 0 Å². The van der Waals surface area contributed by atoms with Crippen LogP contribution < -0.4 is 0 Å². The van der Waals surface area contributed by atoms with Gasteiger partial charge in [0, 0.05) is 6.61 Å². The smallest absolute Gasteiger partial charge is 0.0647 e. The van der Waals surface area contributed by atoms with E-state index in [9.17, 15) is 0 Å². The molecule has 21 heavy (non-hydrogen) atoms. The molecule has 0 amide bonds. The van der Waals surface area contributed by atoms with E-state index in [1.165, 1.54) is 64.2 Å². The summed E-state index contributed by atoms with van der Waals surface area (Å²) in [6, 6.07) is 0. The van der Waals surface area contributed by atoms with Gasteiger partial charge in [-0.05, 0) is 69.1 Å². The lowest BCUT2D eigenvalue weighted by atomic mass is 9.69. The Balaban J connectivity index is 1.64. The first kappa shape index (κ1) is 17.1. The van der Waals surface area contributed by atoms with Gasteiger partial charge in [-0.1, -0.05) is 44.8 Å². The molecule has 2 saturated carbocycles. The summed E-state index contributed by atoms with van der Waals surface area (Å²) in [6.45, 7) is 6.04. The van der Waals surface area contributed by atoms with Crippen molar-refractivity contribution < 1.29 is 4.74 Å². The Bertz CT molecular complexity index is 280. The summed E-state index contributed by atoms with van der Waals surface area (Å²) in [4.78, 5) is 0. The van der Waals surface area contributed by atoms with E-state index in [-0.39, 0.29) is 0 Å². The van der Waals surface area contributed by atoms with Crippen molar-refractivity contribution in [2.45, 2.75) is 78.1 Å². The van der Waals surface area contributed by atoms with Gasteiger partial charge in [0.15, 0.2) is 0 Å². The molecule has 0 N–H and O–H groups in total. The molecule has 2 aliphatic rings. The van der Waals surface area contributed by atoms with Gasteiger partial charge in [0.05, 0.1) is 6.61 Å². The monoisotopic (exact) mass is 292 g/mol. The molecule has 0 aromatic heterocycles. The third-order valence-corrected chi connectivity index (χ3v) is 5.90. The molecule has 1 nitrogen and oxygen atoms in total. The first-order valence-corrected chi connectivity index (χ1v) is 9.57. The van der Waals surface area contributed by atoms with E-state index < -0.39 is 0 Å². The summed E-state index contributed by atoms with van der Waals surface area (Å²) in [5.74, 6) is 4.00. The lowest BCUT2D eigenvalue weighted by molar-refractivity contribution is 0.151. The largest absolute Gasteiger partial charge is 0.378 e. The molecule has 2 fully saturated rings. The topological polar surface area (TPSA) is 9.23 Å². The molecule has 0 atom stereocenters. The van der Waals surface area contributed by atoms with Crippen LogP contribution in [0, 0.1) is 23.7 Å². The number of hydrogen-bond donors (Lipinski definition) is 0. The molecule has 0 unspecified atom stereocenters. The van der Waals surface area contributed by atoms with Crippen LogP contribution in [0.5, 0.6) is 0 Å². The molecule has 2 rings (SSSR count). The quantitative estimate of drug-likeness (QED) is 0.413. The van der Waals surface area contributed by atoms with Crippen molar-refractivity contribution in [3.8, 4) is 0 Å². The van der Waals surface area contributed by atoms with Crippen LogP contribution in [0.1, 0.15) is 78.1 Å². The molecule has 0 aromatic rings. The van der Waals surface area contributed by atoms with Crippen LogP contribution in [-0.4, -0.2) is 13.2 Å². The van der Waals surface area contributed by atoms with Crippen LogP contribution in [0.4, 0.5) is 0 Å². The van der Waals surface area contributed by atoms with Crippen LogP contribution in [0.15, 0.2) is 12.2 Å². The average molecular weight is 293 g/mol. The van der Waals surface area contributed by atoms with Gasteiger partial charge >= 0.3 is 0 Å². The van der Waals surface area contributed by atoms with E-state index in [0.29, 0.717) is 0 Å². The molecule has 0 radical (unpaired) electrons. The number of ether oxygens (including phenoxy) is 1. The maximum atomic E-state index is 5.38. The van der Waals surface area contributed by atoms with Gasteiger partial charge in [-0.25, -0.2) is 0 Å².